The fourth-order valence-electron chi connectivity index (χ4n) is 4.08. The molecule has 0 aromatic heterocycles. The number of benzene rings is 2. The Hall–Kier alpha value is -2.66. The molecule has 5 heteroatoms. The number of hydrogen-bond acceptors (Lipinski definition) is 3. The van der Waals surface area contributed by atoms with Gasteiger partial charge in [-0.05, 0) is 54.9 Å². The molecule has 0 saturated heterocycles. The van der Waals surface area contributed by atoms with E-state index in [4.69, 9.17) is 5.73 Å². The van der Waals surface area contributed by atoms with Crippen molar-refractivity contribution in [1.29, 1.82) is 0 Å². The molecule has 1 atom stereocenters. The maximum absolute atomic E-state index is 12.9. The predicted octanol–water partition coefficient (Wildman–Crippen LogP) is 3.04. The second-order valence-electron chi connectivity index (χ2n) is 7.33. The number of para-hydroxylation sites is 1. The lowest BCUT2D eigenvalue weighted by atomic mass is 9.88. The molecule has 1 aliphatic rings. The van der Waals surface area contributed by atoms with Crippen LogP contribution in [0.5, 0.6) is 0 Å². The van der Waals surface area contributed by atoms with Gasteiger partial charge in [-0.25, -0.2) is 0 Å². The Balaban J connectivity index is 1.81. The quantitative estimate of drug-likeness (QED) is 0.810. The largest absolute Gasteiger partial charge is 0.348 e. The van der Waals surface area contributed by atoms with E-state index in [-0.39, 0.29) is 30.9 Å². The average molecular weight is 380 g/mol. The molecule has 0 saturated carbocycles. The van der Waals surface area contributed by atoms with Crippen molar-refractivity contribution in [2.75, 3.05) is 18.0 Å². The maximum atomic E-state index is 12.9. The van der Waals surface area contributed by atoms with Crippen molar-refractivity contribution in [2.24, 2.45) is 5.73 Å². The first kappa shape index (κ1) is 20.1. The van der Waals surface area contributed by atoms with Gasteiger partial charge >= 0.3 is 0 Å². The van der Waals surface area contributed by atoms with Crippen LogP contribution in [-0.4, -0.2) is 24.9 Å². The summed E-state index contributed by atoms with van der Waals surface area (Å²) in [5.41, 5.74) is 10.9. The molecule has 0 radical (unpaired) electrons. The highest BCUT2D eigenvalue weighted by Crippen LogP contribution is 2.30. The number of amides is 2. The van der Waals surface area contributed by atoms with Gasteiger partial charge in [0, 0.05) is 0 Å². The summed E-state index contributed by atoms with van der Waals surface area (Å²) in [6.07, 6.45) is 3.79. The minimum absolute atomic E-state index is 0.00482. The van der Waals surface area contributed by atoms with Crippen LogP contribution in [0.2, 0.25) is 0 Å². The first-order chi connectivity index (χ1) is 13.5. The van der Waals surface area contributed by atoms with E-state index in [0.717, 1.165) is 42.5 Å². The second-order valence-corrected chi connectivity index (χ2v) is 7.33. The molecular weight excluding hydrogens is 350 g/mol. The van der Waals surface area contributed by atoms with E-state index in [1.807, 2.05) is 44.2 Å². The Bertz CT molecular complexity index is 863. The molecule has 2 amide bonds. The van der Waals surface area contributed by atoms with Crippen molar-refractivity contribution >= 4 is 17.5 Å². The average Bonchev–Trinajstić information content (AvgIpc) is 2.72. The summed E-state index contributed by atoms with van der Waals surface area (Å²) in [5.74, 6) is -0.406. The SMILES string of the molecule is CCc1cccc(C)c1N(CC(=O)NC1CCCc2ccccc21)C(=O)CN. The van der Waals surface area contributed by atoms with Gasteiger partial charge in [0.05, 0.1) is 18.3 Å². The highest BCUT2D eigenvalue weighted by Gasteiger charge is 2.25. The highest BCUT2D eigenvalue weighted by atomic mass is 16.2. The number of fused-ring (bicyclic) bond motifs is 1. The van der Waals surface area contributed by atoms with Crippen molar-refractivity contribution in [3.05, 3.63) is 64.7 Å². The summed E-state index contributed by atoms with van der Waals surface area (Å²) in [5, 5.41) is 3.14. The Labute approximate surface area is 166 Å². The molecule has 0 bridgehead atoms. The number of nitrogens with two attached hydrogens (primary N) is 1. The Morgan fingerprint density at radius 2 is 1.96 bits per heavy atom. The molecule has 1 unspecified atom stereocenters. The minimum Gasteiger partial charge on any atom is -0.348 e. The summed E-state index contributed by atoms with van der Waals surface area (Å²) < 4.78 is 0. The van der Waals surface area contributed by atoms with Crippen LogP contribution >= 0.6 is 0 Å². The number of nitrogens with one attached hydrogen (secondary N) is 1. The molecule has 3 rings (SSSR count). The van der Waals surface area contributed by atoms with Crippen LogP contribution in [0.1, 0.15) is 48.1 Å². The van der Waals surface area contributed by atoms with Crippen LogP contribution in [0.4, 0.5) is 5.69 Å². The molecule has 2 aromatic carbocycles. The molecule has 28 heavy (non-hydrogen) atoms. The summed E-state index contributed by atoms with van der Waals surface area (Å²) in [6, 6.07) is 14.2. The summed E-state index contributed by atoms with van der Waals surface area (Å²) >= 11 is 0. The lowest BCUT2D eigenvalue weighted by molar-refractivity contribution is -0.123. The van der Waals surface area contributed by atoms with E-state index in [0.29, 0.717) is 0 Å². The van der Waals surface area contributed by atoms with E-state index < -0.39 is 0 Å². The smallest absolute Gasteiger partial charge is 0.241 e. The third-order valence-electron chi connectivity index (χ3n) is 5.45. The van der Waals surface area contributed by atoms with E-state index in [9.17, 15) is 9.59 Å². The number of carbonyl (C=O) groups is 2. The van der Waals surface area contributed by atoms with Crippen molar-refractivity contribution in [3.63, 3.8) is 0 Å². The van der Waals surface area contributed by atoms with Gasteiger partial charge in [0.25, 0.3) is 0 Å². The normalized spacial score (nSPS) is 15.6. The van der Waals surface area contributed by atoms with Crippen molar-refractivity contribution in [2.45, 2.75) is 45.6 Å². The molecule has 3 N–H and O–H groups in total. The zero-order chi connectivity index (χ0) is 20.1. The zero-order valence-electron chi connectivity index (χ0n) is 16.7. The Morgan fingerprint density at radius 3 is 2.71 bits per heavy atom. The third-order valence-corrected chi connectivity index (χ3v) is 5.45. The topological polar surface area (TPSA) is 75.4 Å². The van der Waals surface area contributed by atoms with Gasteiger partial charge < -0.3 is 16.0 Å². The molecule has 1 aliphatic carbocycles. The molecule has 0 fully saturated rings. The van der Waals surface area contributed by atoms with Gasteiger partial charge in [0.2, 0.25) is 11.8 Å². The summed E-state index contributed by atoms with van der Waals surface area (Å²) in [4.78, 5) is 27.0. The zero-order valence-corrected chi connectivity index (χ0v) is 16.7. The number of anilines is 1. The predicted molar refractivity (Wildman–Crippen MR) is 112 cm³/mol. The van der Waals surface area contributed by atoms with Crippen molar-refractivity contribution in [3.8, 4) is 0 Å². The molecule has 5 nitrogen and oxygen atoms in total. The number of carbonyl (C=O) groups excluding carboxylic acids is 2. The molecule has 0 heterocycles. The van der Waals surface area contributed by atoms with Crippen LogP contribution in [0.25, 0.3) is 0 Å². The van der Waals surface area contributed by atoms with Gasteiger partial charge in [0.1, 0.15) is 6.54 Å². The molecule has 2 aromatic rings. The van der Waals surface area contributed by atoms with Gasteiger partial charge in [-0.3, -0.25) is 9.59 Å². The highest BCUT2D eigenvalue weighted by molar-refractivity contribution is 6.01. The Kier molecular flexibility index (Phi) is 6.47. The van der Waals surface area contributed by atoms with E-state index in [1.54, 1.807) is 0 Å². The van der Waals surface area contributed by atoms with Crippen LogP contribution in [0.3, 0.4) is 0 Å². The van der Waals surface area contributed by atoms with Gasteiger partial charge in [0.15, 0.2) is 0 Å². The molecule has 0 spiro atoms. The van der Waals surface area contributed by atoms with E-state index >= 15 is 0 Å². The van der Waals surface area contributed by atoms with Gasteiger partial charge in [-0.15, -0.1) is 0 Å². The standard InChI is InChI=1S/C23H29N3O2/c1-3-17-10-6-8-16(2)23(17)26(22(28)14-24)15-21(27)25-20-13-7-11-18-9-4-5-12-19(18)20/h4-6,8-10,12,20H,3,7,11,13-15,24H2,1-2H3,(H,25,27). The van der Waals surface area contributed by atoms with Crippen LogP contribution in [0.15, 0.2) is 42.5 Å². The third kappa shape index (κ3) is 4.25. The fraction of sp³-hybridized carbons (Fsp3) is 0.391. The van der Waals surface area contributed by atoms with Gasteiger partial charge in [-0.2, -0.15) is 0 Å². The summed E-state index contributed by atoms with van der Waals surface area (Å²) in [6.45, 7) is 3.85. The monoisotopic (exact) mass is 379 g/mol. The van der Waals surface area contributed by atoms with Crippen molar-refractivity contribution in [1.82, 2.24) is 5.32 Å². The van der Waals surface area contributed by atoms with Crippen LogP contribution in [0, 0.1) is 6.92 Å². The Morgan fingerprint density at radius 1 is 1.18 bits per heavy atom. The number of rotatable bonds is 6. The number of aryl methyl sites for hydroxylation is 3. The first-order valence-electron chi connectivity index (χ1n) is 10.0. The number of hydrogen-bond donors (Lipinski definition) is 2. The number of nitrogens with zero attached hydrogens (tertiary/aromatic N) is 1. The second kappa shape index (κ2) is 9.02. The first-order valence-corrected chi connectivity index (χ1v) is 10.0. The van der Waals surface area contributed by atoms with Crippen LogP contribution < -0.4 is 16.0 Å². The van der Waals surface area contributed by atoms with E-state index in [2.05, 4.69) is 17.4 Å². The van der Waals surface area contributed by atoms with E-state index in [1.165, 1.54) is 16.0 Å². The molecule has 148 valence electrons. The lowest BCUT2D eigenvalue weighted by Gasteiger charge is -2.29. The maximum Gasteiger partial charge on any atom is 0.241 e. The van der Waals surface area contributed by atoms with Crippen LogP contribution in [-0.2, 0) is 22.4 Å². The summed E-state index contributed by atoms with van der Waals surface area (Å²) in [7, 11) is 0. The van der Waals surface area contributed by atoms with Crippen molar-refractivity contribution < 1.29 is 9.59 Å². The minimum atomic E-state index is -0.247. The molecular formula is C23H29N3O2. The lowest BCUT2D eigenvalue weighted by Crippen LogP contribution is -2.45. The fourth-order valence-corrected chi connectivity index (χ4v) is 4.08. The molecule has 0 aliphatic heterocycles. The van der Waals surface area contributed by atoms with Gasteiger partial charge in [-0.1, -0.05) is 49.4 Å².